The summed E-state index contributed by atoms with van der Waals surface area (Å²) in [5, 5.41) is 12.9. The summed E-state index contributed by atoms with van der Waals surface area (Å²) in [6.45, 7) is 3.97. The quantitative estimate of drug-likeness (QED) is 0.552. The molecule has 0 aliphatic carbocycles. The molecule has 11 heteroatoms. The van der Waals surface area contributed by atoms with E-state index in [1.165, 1.54) is 13.0 Å². The molecule has 3 aromatic rings. The van der Waals surface area contributed by atoms with Gasteiger partial charge in [-0.25, -0.2) is 8.42 Å². The van der Waals surface area contributed by atoms with Gasteiger partial charge in [-0.1, -0.05) is 18.2 Å². The zero-order chi connectivity index (χ0) is 24.0. The van der Waals surface area contributed by atoms with E-state index in [9.17, 15) is 21.6 Å². The van der Waals surface area contributed by atoms with Crippen molar-refractivity contribution in [1.29, 1.82) is 0 Å². The van der Waals surface area contributed by atoms with Crippen LogP contribution in [0.25, 0.3) is 10.8 Å². The molecule has 1 aliphatic heterocycles. The number of benzene rings is 2. The molecule has 0 bridgehead atoms. The Labute approximate surface area is 189 Å². The number of fused-ring (bicyclic) bond motifs is 1. The molecule has 1 saturated heterocycles. The second-order valence-electron chi connectivity index (χ2n) is 8.14. The second-order valence-corrected chi connectivity index (χ2v) is 10.4. The van der Waals surface area contributed by atoms with Crippen LogP contribution in [0.15, 0.2) is 36.4 Å². The minimum Gasteiger partial charge on any atom is -0.369 e. The number of sulfone groups is 1. The van der Waals surface area contributed by atoms with E-state index < -0.39 is 27.7 Å². The Balaban J connectivity index is 1.69. The van der Waals surface area contributed by atoms with Crippen molar-refractivity contribution in [3.8, 4) is 0 Å². The molecular weight excluding hydrogens is 455 g/mol. The monoisotopic (exact) mass is 479 g/mol. The van der Waals surface area contributed by atoms with Crippen LogP contribution < -0.4 is 16.0 Å². The van der Waals surface area contributed by atoms with Gasteiger partial charge in [0.15, 0.2) is 15.7 Å². The van der Waals surface area contributed by atoms with Crippen LogP contribution in [-0.4, -0.2) is 43.2 Å². The summed E-state index contributed by atoms with van der Waals surface area (Å²) in [5.41, 5.74) is 7.39. The molecule has 7 nitrogen and oxygen atoms in total. The highest BCUT2D eigenvalue weighted by atomic mass is 32.2. The van der Waals surface area contributed by atoms with Crippen molar-refractivity contribution in [3.63, 3.8) is 0 Å². The molecule has 33 heavy (non-hydrogen) atoms. The standard InChI is InChI=1S/C22H24F3N5O2S/c1-13-16(4-3-5-19(13)22(23,24)25)20(26)27-21-18-12-15(6-7-17(18)14(2)28-29-21)30-8-10-33(31,32)11-9-30/h3-7,12,20H,8-11,26H2,1-2H3,(H,27,29)/t20-/m0/s1. The first-order valence-electron chi connectivity index (χ1n) is 10.4. The first-order valence-corrected chi connectivity index (χ1v) is 12.2. The van der Waals surface area contributed by atoms with Crippen LogP contribution in [0.3, 0.4) is 0 Å². The van der Waals surface area contributed by atoms with Crippen LogP contribution in [-0.2, 0) is 16.0 Å². The highest BCUT2D eigenvalue weighted by Crippen LogP contribution is 2.35. The molecular formula is C22H24F3N5O2S. The van der Waals surface area contributed by atoms with Gasteiger partial charge in [0, 0.05) is 29.5 Å². The Morgan fingerprint density at radius 1 is 1.06 bits per heavy atom. The molecule has 3 N–H and O–H groups in total. The fraction of sp³-hybridized carbons (Fsp3) is 0.364. The van der Waals surface area contributed by atoms with E-state index in [0.717, 1.165) is 17.1 Å². The van der Waals surface area contributed by atoms with Gasteiger partial charge in [0.05, 0.1) is 22.8 Å². The van der Waals surface area contributed by atoms with E-state index >= 15 is 0 Å². The summed E-state index contributed by atoms with van der Waals surface area (Å²) in [5.74, 6) is 0.513. The highest BCUT2D eigenvalue weighted by Gasteiger charge is 2.33. The molecule has 2 heterocycles. The van der Waals surface area contributed by atoms with Crippen LogP contribution in [0.2, 0.25) is 0 Å². The first-order chi connectivity index (χ1) is 15.5. The molecule has 0 unspecified atom stereocenters. The maximum Gasteiger partial charge on any atom is 0.416 e. The summed E-state index contributed by atoms with van der Waals surface area (Å²) in [6.07, 6.45) is -5.43. The lowest BCUT2D eigenvalue weighted by Crippen LogP contribution is -2.40. The third-order valence-electron chi connectivity index (χ3n) is 5.97. The van der Waals surface area contributed by atoms with E-state index in [1.54, 1.807) is 6.07 Å². The van der Waals surface area contributed by atoms with Gasteiger partial charge in [-0.3, -0.25) is 0 Å². The number of hydrogen-bond donors (Lipinski definition) is 2. The molecule has 1 aliphatic rings. The van der Waals surface area contributed by atoms with Gasteiger partial charge >= 0.3 is 6.18 Å². The summed E-state index contributed by atoms with van der Waals surface area (Å²) >= 11 is 0. The summed E-state index contributed by atoms with van der Waals surface area (Å²) < 4.78 is 63.5. The molecule has 2 aromatic carbocycles. The van der Waals surface area contributed by atoms with E-state index in [4.69, 9.17) is 5.73 Å². The SMILES string of the molecule is Cc1c([C@@H](N)Nc2nnc(C)c3ccc(N4CCS(=O)(=O)CC4)cc23)cccc1C(F)(F)F. The van der Waals surface area contributed by atoms with E-state index in [2.05, 4.69) is 15.5 Å². The van der Waals surface area contributed by atoms with E-state index in [-0.39, 0.29) is 17.1 Å². The van der Waals surface area contributed by atoms with Gasteiger partial charge in [-0.15, -0.1) is 5.10 Å². The Bertz CT molecular complexity index is 1300. The molecule has 4 rings (SSSR count). The Kier molecular flexibility index (Phi) is 5.95. The fourth-order valence-electron chi connectivity index (χ4n) is 4.07. The molecule has 1 atom stereocenters. The highest BCUT2D eigenvalue weighted by molar-refractivity contribution is 7.91. The van der Waals surface area contributed by atoms with Gasteiger partial charge in [0.25, 0.3) is 0 Å². The first kappa shape index (κ1) is 23.2. The third kappa shape index (κ3) is 4.74. The Hall–Kier alpha value is -2.92. The molecule has 0 radical (unpaired) electrons. The molecule has 0 saturated carbocycles. The number of rotatable bonds is 4. The van der Waals surface area contributed by atoms with Gasteiger partial charge in [0.2, 0.25) is 0 Å². The fourth-order valence-corrected chi connectivity index (χ4v) is 5.27. The molecule has 1 aromatic heterocycles. The molecule has 0 spiro atoms. The van der Waals surface area contributed by atoms with Gasteiger partial charge in [-0.05, 0) is 43.2 Å². The molecule has 1 fully saturated rings. The number of nitrogens with one attached hydrogen (secondary N) is 1. The maximum atomic E-state index is 13.3. The van der Waals surface area contributed by atoms with Crippen molar-refractivity contribution in [1.82, 2.24) is 10.2 Å². The van der Waals surface area contributed by atoms with Crippen LogP contribution in [0, 0.1) is 13.8 Å². The number of hydrogen-bond acceptors (Lipinski definition) is 7. The van der Waals surface area contributed by atoms with Crippen molar-refractivity contribution in [2.75, 3.05) is 34.8 Å². The Morgan fingerprint density at radius 2 is 1.76 bits per heavy atom. The Morgan fingerprint density at radius 3 is 2.42 bits per heavy atom. The summed E-state index contributed by atoms with van der Waals surface area (Å²) in [4.78, 5) is 1.98. The predicted octanol–water partition coefficient (Wildman–Crippen LogP) is 3.57. The molecule has 176 valence electrons. The summed E-state index contributed by atoms with van der Waals surface area (Å²) in [6, 6.07) is 9.56. The number of alkyl halides is 3. The zero-order valence-electron chi connectivity index (χ0n) is 18.1. The average molecular weight is 480 g/mol. The smallest absolute Gasteiger partial charge is 0.369 e. The largest absolute Gasteiger partial charge is 0.416 e. The van der Waals surface area contributed by atoms with Crippen LogP contribution >= 0.6 is 0 Å². The lowest BCUT2D eigenvalue weighted by Gasteiger charge is -2.29. The number of nitrogens with two attached hydrogens (primary N) is 1. The second kappa shape index (κ2) is 8.45. The van der Waals surface area contributed by atoms with Crippen molar-refractivity contribution >= 4 is 32.1 Å². The minimum absolute atomic E-state index is 0.0459. The zero-order valence-corrected chi connectivity index (χ0v) is 19.0. The normalized spacial score (nSPS) is 17.2. The average Bonchev–Trinajstić information content (AvgIpc) is 2.75. The lowest BCUT2D eigenvalue weighted by molar-refractivity contribution is -0.138. The van der Waals surface area contributed by atoms with Gasteiger partial charge in [-0.2, -0.15) is 18.3 Å². The van der Waals surface area contributed by atoms with E-state index in [0.29, 0.717) is 35.6 Å². The number of nitrogens with zero attached hydrogens (tertiary/aromatic N) is 3. The van der Waals surface area contributed by atoms with Crippen molar-refractivity contribution < 1.29 is 21.6 Å². The number of aryl methyl sites for hydroxylation is 1. The minimum atomic E-state index is -4.48. The van der Waals surface area contributed by atoms with Gasteiger partial charge < -0.3 is 16.0 Å². The van der Waals surface area contributed by atoms with Crippen LogP contribution in [0.1, 0.15) is 28.6 Å². The van der Waals surface area contributed by atoms with Crippen LogP contribution in [0.4, 0.5) is 24.7 Å². The van der Waals surface area contributed by atoms with Gasteiger partial charge in [0.1, 0.15) is 6.17 Å². The third-order valence-corrected chi connectivity index (χ3v) is 7.58. The topological polar surface area (TPSA) is 101 Å². The number of aromatic nitrogens is 2. The van der Waals surface area contributed by atoms with Crippen molar-refractivity contribution in [3.05, 3.63) is 58.8 Å². The number of halogens is 3. The lowest BCUT2D eigenvalue weighted by atomic mass is 10.00. The van der Waals surface area contributed by atoms with Crippen molar-refractivity contribution in [2.24, 2.45) is 5.73 Å². The van der Waals surface area contributed by atoms with Crippen LogP contribution in [0.5, 0.6) is 0 Å². The predicted molar refractivity (Wildman–Crippen MR) is 122 cm³/mol. The van der Waals surface area contributed by atoms with E-state index in [1.807, 2.05) is 30.0 Å². The maximum absolute atomic E-state index is 13.3. The molecule has 0 amide bonds. The summed E-state index contributed by atoms with van der Waals surface area (Å²) in [7, 11) is -3.02. The number of anilines is 2. The van der Waals surface area contributed by atoms with Crippen molar-refractivity contribution in [2.45, 2.75) is 26.2 Å².